The molecule has 1 fully saturated rings. The Morgan fingerprint density at radius 1 is 1.26 bits per heavy atom. The predicted octanol–water partition coefficient (Wildman–Crippen LogP) is 4.17. The smallest absolute Gasteiger partial charge is 0.389 e. The number of aromatic nitrogens is 2. The highest BCUT2D eigenvalue weighted by atomic mass is 32.2. The lowest BCUT2D eigenvalue weighted by molar-refractivity contribution is -0.215. The number of benzene rings is 1. The Hall–Kier alpha value is -3.07. The van der Waals surface area contributed by atoms with E-state index in [1.165, 1.54) is 0 Å². The van der Waals surface area contributed by atoms with Crippen molar-refractivity contribution in [2.24, 2.45) is 16.6 Å². The molecule has 1 saturated heterocycles. The maximum atomic E-state index is 14.9. The van der Waals surface area contributed by atoms with E-state index in [1.807, 2.05) is 0 Å². The topological polar surface area (TPSA) is 112 Å². The van der Waals surface area contributed by atoms with Gasteiger partial charge in [-0.2, -0.15) is 22.0 Å². The monoisotopic (exact) mass is 521 g/mol. The number of carbonyl (C=O) groups excluding carboxylic acids is 1. The molecule has 0 bridgehead atoms. The SMILES string of the molecule is CC(F)(F)c1cnc(OC(=O)Nc2ccc(F)c([C@]34CO[C@H](C(F)(F)F)[C@H]3CSC(N)=N4)c2)cn1. The molecule has 1 amide bonds. The van der Waals surface area contributed by atoms with Crippen LogP contribution < -0.4 is 15.8 Å². The van der Waals surface area contributed by atoms with E-state index in [4.69, 9.17) is 15.2 Å². The van der Waals surface area contributed by atoms with E-state index >= 15 is 0 Å². The number of hydrogen-bond acceptors (Lipinski definition) is 8. The van der Waals surface area contributed by atoms with Gasteiger partial charge in [0.05, 0.1) is 19.0 Å². The highest BCUT2D eigenvalue weighted by Gasteiger charge is 2.62. The molecule has 35 heavy (non-hydrogen) atoms. The first kappa shape index (κ1) is 25.0. The summed E-state index contributed by atoms with van der Waals surface area (Å²) in [6.45, 7) is 0.0489. The Morgan fingerprint density at radius 3 is 2.63 bits per heavy atom. The molecule has 2 aliphatic heterocycles. The van der Waals surface area contributed by atoms with Gasteiger partial charge in [0.15, 0.2) is 11.3 Å². The number of hydrogen-bond donors (Lipinski definition) is 2. The number of nitrogens with two attached hydrogens (primary N) is 1. The first-order valence-corrected chi connectivity index (χ1v) is 10.9. The third kappa shape index (κ3) is 5.00. The molecule has 3 N–H and O–H groups in total. The molecule has 4 rings (SSSR count). The molecular formula is C20H17F6N5O3S. The molecule has 15 heteroatoms. The van der Waals surface area contributed by atoms with Crippen molar-refractivity contribution in [1.82, 2.24) is 9.97 Å². The zero-order valence-corrected chi connectivity index (χ0v) is 18.6. The Bertz CT molecular complexity index is 1160. The van der Waals surface area contributed by atoms with Crippen LogP contribution in [0.25, 0.3) is 0 Å². The van der Waals surface area contributed by atoms with Crippen molar-refractivity contribution < 1.29 is 40.6 Å². The van der Waals surface area contributed by atoms with E-state index < -0.39 is 59.8 Å². The van der Waals surface area contributed by atoms with Crippen molar-refractivity contribution in [2.45, 2.75) is 30.7 Å². The number of rotatable bonds is 4. The predicted molar refractivity (Wildman–Crippen MR) is 113 cm³/mol. The summed E-state index contributed by atoms with van der Waals surface area (Å²) in [4.78, 5) is 23.4. The summed E-state index contributed by atoms with van der Waals surface area (Å²) in [7, 11) is 0. The van der Waals surface area contributed by atoms with Crippen molar-refractivity contribution in [3.05, 3.63) is 47.7 Å². The fraction of sp³-hybridized carbons (Fsp3) is 0.400. The second-order valence-electron chi connectivity index (χ2n) is 7.90. The van der Waals surface area contributed by atoms with Crippen LogP contribution in [-0.2, 0) is 16.2 Å². The van der Waals surface area contributed by atoms with E-state index in [1.54, 1.807) is 0 Å². The number of nitrogens with one attached hydrogen (secondary N) is 1. The number of alkyl halides is 5. The maximum Gasteiger partial charge on any atom is 0.418 e. The number of ether oxygens (including phenoxy) is 2. The lowest BCUT2D eigenvalue weighted by Crippen LogP contribution is -2.46. The van der Waals surface area contributed by atoms with Gasteiger partial charge < -0.3 is 15.2 Å². The molecule has 2 aromatic rings. The second kappa shape index (κ2) is 8.86. The molecule has 188 valence electrons. The minimum absolute atomic E-state index is 0.0236. The minimum atomic E-state index is -4.71. The first-order chi connectivity index (χ1) is 16.3. The van der Waals surface area contributed by atoms with Gasteiger partial charge in [0.2, 0.25) is 5.88 Å². The Balaban J connectivity index is 1.58. The van der Waals surface area contributed by atoms with Crippen LogP contribution in [0.4, 0.5) is 36.8 Å². The molecule has 2 aliphatic rings. The molecule has 1 aromatic heterocycles. The van der Waals surface area contributed by atoms with Gasteiger partial charge in [-0.1, -0.05) is 11.8 Å². The van der Waals surface area contributed by atoms with Crippen LogP contribution in [0.1, 0.15) is 18.2 Å². The van der Waals surface area contributed by atoms with Crippen LogP contribution in [0.5, 0.6) is 5.88 Å². The highest BCUT2D eigenvalue weighted by Crippen LogP contribution is 2.52. The lowest BCUT2D eigenvalue weighted by atomic mass is 9.78. The Kier molecular flexibility index (Phi) is 6.34. The number of fused-ring (bicyclic) bond motifs is 1. The fourth-order valence-electron chi connectivity index (χ4n) is 3.86. The number of amides is 1. The Labute approximate surface area is 198 Å². The molecule has 3 atom stereocenters. The lowest BCUT2D eigenvalue weighted by Gasteiger charge is -2.36. The molecule has 0 radical (unpaired) electrons. The van der Waals surface area contributed by atoms with Crippen LogP contribution >= 0.6 is 11.8 Å². The van der Waals surface area contributed by atoms with Gasteiger partial charge in [-0.3, -0.25) is 5.32 Å². The van der Waals surface area contributed by atoms with Crippen LogP contribution in [0.2, 0.25) is 0 Å². The van der Waals surface area contributed by atoms with Gasteiger partial charge in [-0.25, -0.2) is 24.1 Å². The Morgan fingerprint density at radius 2 is 2.00 bits per heavy atom. The largest absolute Gasteiger partial charge is 0.418 e. The quantitative estimate of drug-likeness (QED) is 0.581. The van der Waals surface area contributed by atoms with Crippen LogP contribution in [0, 0.1) is 11.7 Å². The number of nitrogens with zero attached hydrogens (tertiary/aromatic N) is 3. The molecule has 0 aliphatic carbocycles. The molecule has 8 nitrogen and oxygen atoms in total. The van der Waals surface area contributed by atoms with E-state index in [9.17, 15) is 31.1 Å². The van der Waals surface area contributed by atoms with Gasteiger partial charge in [-0.15, -0.1) is 0 Å². The van der Waals surface area contributed by atoms with E-state index in [0.29, 0.717) is 6.92 Å². The summed E-state index contributed by atoms with van der Waals surface area (Å²) in [5.74, 6) is -5.87. The molecule has 1 aromatic carbocycles. The summed E-state index contributed by atoms with van der Waals surface area (Å²) in [6, 6.07) is 3.22. The number of carbonyl (C=O) groups is 1. The fourth-order valence-corrected chi connectivity index (χ4v) is 4.89. The summed E-state index contributed by atoms with van der Waals surface area (Å²) in [5.41, 5.74) is 3.09. The summed E-state index contributed by atoms with van der Waals surface area (Å²) >= 11 is 0.908. The number of aliphatic imine (C=N–C) groups is 1. The molecule has 0 spiro atoms. The van der Waals surface area contributed by atoms with Crippen molar-refractivity contribution in [1.29, 1.82) is 0 Å². The number of amidine groups is 1. The van der Waals surface area contributed by atoms with Crippen molar-refractivity contribution in [3.8, 4) is 5.88 Å². The maximum absolute atomic E-state index is 14.9. The molecular weight excluding hydrogens is 504 g/mol. The zero-order valence-electron chi connectivity index (χ0n) is 17.8. The van der Waals surface area contributed by atoms with Gasteiger partial charge in [0.25, 0.3) is 5.92 Å². The number of halogens is 6. The first-order valence-electron chi connectivity index (χ1n) is 9.95. The van der Waals surface area contributed by atoms with Crippen molar-refractivity contribution in [3.63, 3.8) is 0 Å². The second-order valence-corrected chi connectivity index (χ2v) is 8.94. The molecule has 3 heterocycles. The van der Waals surface area contributed by atoms with Gasteiger partial charge in [0.1, 0.15) is 17.1 Å². The van der Waals surface area contributed by atoms with Gasteiger partial charge in [-0.05, 0) is 18.2 Å². The minimum Gasteiger partial charge on any atom is -0.389 e. The standard InChI is InChI=1S/C20H17F6N5O3S/c1-18(22,23)13-5-29-14(6-28-13)34-17(32)30-9-2-3-12(21)10(4-9)19-8-33-15(20(24,25)26)11(19)7-35-16(27)31-19/h2-6,11,15H,7-8H2,1H3,(H2,27,31)(H,30,32)/t11-,15+,19-/m1/s1. The van der Waals surface area contributed by atoms with Gasteiger partial charge in [0, 0.05) is 29.8 Å². The number of thioether (sulfide) groups is 1. The van der Waals surface area contributed by atoms with Crippen LogP contribution in [-0.4, -0.2) is 45.9 Å². The third-order valence-electron chi connectivity index (χ3n) is 5.46. The summed E-state index contributed by atoms with van der Waals surface area (Å²) in [6.07, 6.45) is -6.46. The summed E-state index contributed by atoms with van der Waals surface area (Å²) < 4.78 is 91.8. The summed E-state index contributed by atoms with van der Waals surface area (Å²) in [5, 5.41) is 2.26. The average Bonchev–Trinajstić information content (AvgIpc) is 3.14. The van der Waals surface area contributed by atoms with E-state index in [0.717, 1.165) is 42.4 Å². The van der Waals surface area contributed by atoms with Crippen molar-refractivity contribution >= 4 is 28.7 Å². The normalized spacial score (nSPS) is 24.5. The third-order valence-corrected chi connectivity index (χ3v) is 6.37. The number of anilines is 1. The van der Waals surface area contributed by atoms with E-state index in [2.05, 4.69) is 20.3 Å². The van der Waals surface area contributed by atoms with Crippen LogP contribution in [0.3, 0.4) is 0 Å². The highest BCUT2D eigenvalue weighted by molar-refractivity contribution is 8.13. The van der Waals surface area contributed by atoms with Crippen molar-refractivity contribution in [2.75, 3.05) is 17.7 Å². The average molecular weight is 521 g/mol. The molecule has 0 unspecified atom stereocenters. The van der Waals surface area contributed by atoms with Crippen LogP contribution in [0.15, 0.2) is 35.6 Å². The zero-order chi connectivity index (χ0) is 25.6. The van der Waals surface area contributed by atoms with Gasteiger partial charge >= 0.3 is 12.3 Å². The molecule has 0 saturated carbocycles. The van der Waals surface area contributed by atoms with E-state index in [-0.39, 0.29) is 22.2 Å².